The standard InChI is InChI=1S/C22H17FN2O4S/c23-18-9-14(25-6-3-7-25)10-19-17(18)12-20(29-19)22(27)24-30(28)21-11-15(26)8-13-4-1-2-5-16(13)21/h1-2,4-5,8-12,26H,3,6-7H2,(H,24,27). The number of benzene rings is 3. The SMILES string of the molecule is O=C(NS(=O)c1cc(O)cc2ccccc12)c1cc2c(F)cc(N3CCC3)cc2o1. The van der Waals surface area contributed by atoms with Gasteiger partial charge >= 0.3 is 0 Å². The number of rotatable bonds is 4. The van der Waals surface area contributed by atoms with Crippen LogP contribution >= 0.6 is 0 Å². The molecule has 152 valence electrons. The van der Waals surface area contributed by atoms with Crippen molar-refractivity contribution in [2.45, 2.75) is 11.3 Å². The summed E-state index contributed by atoms with van der Waals surface area (Å²) in [6.45, 7) is 1.71. The van der Waals surface area contributed by atoms with Gasteiger partial charge < -0.3 is 14.4 Å². The monoisotopic (exact) mass is 424 g/mol. The Morgan fingerprint density at radius 1 is 1.10 bits per heavy atom. The van der Waals surface area contributed by atoms with Crippen LogP contribution in [0.15, 0.2) is 63.9 Å². The Morgan fingerprint density at radius 2 is 1.90 bits per heavy atom. The van der Waals surface area contributed by atoms with Crippen molar-refractivity contribution in [3.8, 4) is 5.75 Å². The minimum Gasteiger partial charge on any atom is -0.508 e. The summed E-state index contributed by atoms with van der Waals surface area (Å²) in [7, 11) is -1.95. The first-order valence-corrected chi connectivity index (χ1v) is 10.6. The van der Waals surface area contributed by atoms with Gasteiger partial charge in [0.05, 0.1) is 10.3 Å². The predicted octanol–water partition coefficient (Wildman–Crippen LogP) is 4.09. The zero-order valence-electron chi connectivity index (χ0n) is 15.7. The van der Waals surface area contributed by atoms with Gasteiger partial charge in [0.2, 0.25) is 0 Å². The molecule has 1 aliphatic rings. The van der Waals surface area contributed by atoms with Gasteiger partial charge in [-0.15, -0.1) is 0 Å². The maximum atomic E-state index is 14.5. The number of hydrogen-bond donors (Lipinski definition) is 2. The molecule has 2 N–H and O–H groups in total. The number of halogens is 1. The van der Waals surface area contributed by atoms with Crippen LogP contribution in [-0.2, 0) is 11.0 Å². The zero-order chi connectivity index (χ0) is 20.8. The maximum absolute atomic E-state index is 14.5. The molecule has 1 aliphatic heterocycles. The Kier molecular flexibility index (Phi) is 4.43. The van der Waals surface area contributed by atoms with Crippen LogP contribution in [0.1, 0.15) is 17.0 Å². The van der Waals surface area contributed by atoms with Crippen LogP contribution in [0.3, 0.4) is 0 Å². The molecule has 2 heterocycles. The second-order valence-corrected chi connectivity index (χ2v) is 8.34. The van der Waals surface area contributed by atoms with Crippen molar-refractivity contribution in [2.75, 3.05) is 18.0 Å². The van der Waals surface area contributed by atoms with Crippen LogP contribution in [0.4, 0.5) is 10.1 Å². The van der Waals surface area contributed by atoms with Crippen LogP contribution in [0.25, 0.3) is 21.7 Å². The van der Waals surface area contributed by atoms with Crippen LogP contribution in [0.2, 0.25) is 0 Å². The average molecular weight is 424 g/mol. The van der Waals surface area contributed by atoms with Crippen LogP contribution < -0.4 is 9.62 Å². The number of carbonyl (C=O) groups is 1. The predicted molar refractivity (Wildman–Crippen MR) is 112 cm³/mol. The highest BCUT2D eigenvalue weighted by molar-refractivity contribution is 7.84. The molecule has 8 heteroatoms. The van der Waals surface area contributed by atoms with Gasteiger partial charge in [-0.25, -0.2) is 8.60 Å². The Balaban J connectivity index is 1.45. The van der Waals surface area contributed by atoms with Crippen molar-refractivity contribution in [1.29, 1.82) is 0 Å². The molecule has 0 spiro atoms. The third-order valence-corrected chi connectivity index (χ3v) is 6.32. The number of phenolic OH excluding ortho intramolecular Hbond substituents is 1. The van der Waals surface area contributed by atoms with E-state index in [-0.39, 0.29) is 27.4 Å². The normalized spacial score (nSPS) is 14.6. The molecule has 1 saturated heterocycles. The number of fused-ring (bicyclic) bond motifs is 2. The molecule has 1 aromatic heterocycles. The first-order valence-electron chi connectivity index (χ1n) is 9.42. The summed E-state index contributed by atoms with van der Waals surface area (Å²) in [4.78, 5) is 14.9. The third kappa shape index (κ3) is 3.19. The highest BCUT2D eigenvalue weighted by Gasteiger charge is 2.21. The largest absolute Gasteiger partial charge is 0.508 e. The Morgan fingerprint density at radius 3 is 2.67 bits per heavy atom. The fourth-order valence-corrected chi connectivity index (χ4v) is 4.55. The second-order valence-electron chi connectivity index (χ2n) is 7.16. The minimum atomic E-state index is -1.95. The molecule has 0 aliphatic carbocycles. The Bertz CT molecular complexity index is 1330. The molecule has 0 saturated carbocycles. The highest BCUT2D eigenvalue weighted by atomic mass is 32.2. The molecule has 3 aromatic carbocycles. The summed E-state index contributed by atoms with van der Waals surface area (Å²) in [5.41, 5.74) is 0.970. The van der Waals surface area contributed by atoms with E-state index in [4.69, 9.17) is 4.42 Å². The van der Waals surface area contributed by atoms with E-state index in [1.165, 1.54) is 18.2 Å². The molecule has 0 bridgehead atoms. The summed E-state index contributed by atoms with van der Waals surface area (Å²) >= 11 is 0. The van der Waals surface area contributed by atoms with Gasteiger partial charge in [0, 0.05) is 30.9 Å². The Hall–Kier alpha value is -3.39. The zero-order valence-corrected chi connectivity index (χ0v) is 16.5. The number of furan rings is 1. The van der Waals surface area contributed by atoms with E-state index in [0.29, 0.717) is 16.5 Å². The smallest absolute Gasteiger partial charge is 0.298 e. The van der Waals surface area contributed by atoms with E-state index in [1.807, 2.05) is 4.90 Å². The first-order chi connectivity index (χ1) is 14.5. The number of carbonyl (C=O) groups excluding carboxylic acids is 1. The lowest BCUT2D eigenvalue weighted by Gasteiger charge is -2.33. The summed E-state index contributed by atoms with van der Waals surface area (Å²) in [5.74, 6) is -1.41. The first kappa shape index (κ1) is 18.6. The van der Waals surface area contributed by atoms with Crippen LogP contribution in [0, 0.1) is 5.82 Å². The molecule has 6 nitrogen and oxygen atoms in total. The molecular formula is C22H17FN2O4S. The van der Waals surface area contributed by atoms with Crippen molar-refractivity contribution in [1.82, 2.24) is 4.72 Å². The number of aromatic hydroxyl groups is 1. The topological polar surface area (TPSA) is 82.8 Å². The summed E-state index contributed by atoms with van der Waals surface area (Å²) in [5, 5.41) is 11.5. The second kappa shape index (κ2) is 7.14. The molecule has 0 radical (unpaired) electrons. The molecule has 4 aromatic rings. The van der Waals surface area contributed by atoms with Crippen molar-refractivity contribution in [3.63, 3.8) is 0 Å². The van der Waals surface area contributed by atoms with Crippen molar-refractivity contribution >= 4 is 44.3 Å². The fraction of sp³-hybridized carbons (Fsp3) is 0.136. The van der Waals surface area contributed by atoms with Gasteiger partial charge in [-0.05, 0) is 35.4 Å². The molecule has 30 heavy (non-hydrogen) atoms. The van der Waals surface area contributed by atoms with Crippen molar-refractivity contribution in [2.24, 2.45) is 0 Å². The maximum Gasteiger partial charge on any atom is 0.298 e. The number of nitrogens with zero attached hydrogens (tertiary/aromatic N) is 1. The van der Waals surface area contributed by atoms with E-state index in [2.05, 4.69) is 4.72 Å². The highest BCUT2D eigenvalue weighted by Crippen LogP contribution is 2.31. The van der Waals surface area contributed by atoms with E-state index < -0.39 is 22.7 Å². The quantitative estimate of drug-likeness (QED) is 0.516. The summed E-state index contributed by atoms with van der Waals surface area (Å²) in [6.07, 6.45) is 1.06. The van der Waals surface area contributed by atoms with E-state index in [0.717, 1.165) is 19.5 Å². The molecule has 1 amide bonds. The average Bonchev–Trinajstić information content (AvgIpc) is 3.11. The molecule has 1 fully saturated rings. The molecule has 1 atom stereocenters. The number of hydrogen-bond acceptors (Lipinski definition) is 5. The van der Waals surface area contributed by atoms with Gasteiger partial charge in [-0.1, -0.05) is 24.3 Å². The summed E-state index contributed by atoms with van der Waals surface area (Å²) in [6, 6.07) is 14.4. The van der Waals surface area contributed by atoms with Crippen molar-refractivity contribution in [3.05, 3.63) is 66.2 Å². The van der Waals surface area contributed by atoms with Crippen molar-refractivity contribution < 1.29 is 22.9 Å². The molecule has 5 rings (SSSR count). The van der Waals surface area contributed by atoms with Crippen LogP contribution in [0.5, 0.6) is 5.75 Å². The van der Waals surface area contributed by atoms with E-state index >= 15 is 0 Å². The lowest BCUT2D eigenvalue weighted by atomic mass is 10.1. The number of amides is 1. The summed E-state index contributed by atoms with van der Waals surface area (Å²) < 4.78 is 35.2. The number of anilines is 1. The van der Waals surface area contributed by atoms with E-state index in [1.54, 1.807) is 36.4 Å². The lowest BCUT2D eigenvalue weighted by Crippen LogP contribution is -2.36. The third-order valence-electron chi connectivity index (χ3n) is 5.21. The van der Waals surface area contributed by atoms with Gasteiger partial charge in [-0.3, -0.25) is 9.52 Å². The number of nitrogens with one attached hydrogen (secondary N) is 1. The van der Waals surface area contributed by atoms with E-state index in [9.17, 15) is 18.5 Å². The van der Waals surface area contributed by atoms with Crippen LogP contribution in [-0.4, -0.2) is 28.3 Å². The molecule has 1 unspecified atom stereocenters. The molecular weight excluding hydrogens is 407 g/mol. The van der Waals surface area contributed by atoms with Gasteiger partial charge in [0.25, 0.3) is 5.91 Å². The van der Waals surface area contributed by atoms with Gasteiger partial charge in [0.1, 0.15) is 17.1 Å². The Labute approximate surface area is 173 Å². The van der Waals surface area contributed by atoms with Gasteiger partial charge in [-0.2, -0.15) is 0 Å². The fourth-order valence-electron chi connectivity index (χ4n) is 3.55. The van der Waals surface area contributed by atoms with Gasteiger partial charge in [0.15, 0.2) is 16.7 Å². The minimum absolute atomic E-state index is 0.0596. The number of phenols is 1. The lowest BCUT2D eigenvalue weighted by molar-refractivity contribution is 0.0958.